The molecule has 2 fully saturated rings. The number of likely N-dealkylation sites (tertiary alicyclic amines) is 1. The zero-order chi connectivity index (χ0) is 19.6. The first kappa shape index (κ1) is 20.9. The first-order valence-electron chi connectivity index (χ1n) is 10.8. The molecule has 28 heavy (non-hydrogen) atoms. The lowest BCUT2D eigenvalue weighted by Crippen LogP contribution is -2.40. The van der Waals surface area contributed by atoms with E-state index in [2.05, 4.69) is 34.6 Å². The normalized spacial score (nSPS) is 18.9. The summed E-state index contributed by atoms with van der Waals surface area (Å²) >= 11 is 0. The second-order valence-electron chi connectivity index (χ2n) is 7.70. The van der Waals surface area contributed by atoms with Gasteiger partial charge in [0.1, 0.15) is 5.75 Å². The van der Waals surface area contributed by atoms with Gasteiger partial charge >= 0.3 is 0 Å². The minimum Gasteiger partial charge on any atom is -0.497 e. The van der Waals surface area contributed by atoms with E-state index in [0.29, 0.717) is 6.04 Å². The summed E-state index contributed by atoms with van der Waals surface area (Å²) in [5.74, 6) is 2.58. The Balaban J connectivity index is 1.57. The summed E-state index contributed by atoms with van der Waals surface area (Å²) in [6, 6.07) is 8.73. The minimum absolute atomic E-state index is 0.301. The Labute approximate surface area is 169 Å². The maximum atomic E-state index is 5.72. The predicted molar refractivity (Wildman–Crippen MR) is 114 cm³/mol. The second kappa shape index (κ2) is 11.3. The summed E-state index contributed by atoms with van der Waals surface area (Å²) in [6.45, 7) is 8.41. The Morgan fingerprint density at radius 2 is 1.93 bits per heavy atom. The van der Waals surface area contributed by atoms with Gasteiger partial charge in [-0.15, -0.1) is 0 Å². The monoisotopic (exact) mass is 388 g/mol. The van der Waals surface area contributed by atoms with Crippen LogP contribution in [-0.4, -0.2) is 63.9 Å². The van der Waals surface area contributed by atoms with Gasteiger partial charge in [0.25, 0.3) is 0 Å². The van der Waals surface area contributed by atoms with E-state index >= 15 is 0 Å². The number of rotatable bonds is 11. The number of nitrogens with zero attached hydrogens (tertiary/aromatic N) is 2. The van der Waals surface area contributed by atoms with Crippen molar-refractivity contribution in [1.29, 1.82) is 0 Å². The highest BCUT2D eigenvalue weighted by atomic mass is 16.5. The first-order valence-corrected chi connectivity index (χ1v) is 10.8. The molecule has 1 aliphatic heterocycles. The predicted octanol–water partition coefficient (Wildman–Crippen LogP) is 2.81. The van der Waals surface area contributed by atoms with Gasteiger partial charge in [-0.2, -0.15) is 0 Å². The van der Waals surface area contributed by atoms with E-state index < -0.39 is 0 Å². The second-order valence-corrected chi connectivity index (χ2v) is 7.70. The number of ether oxygens (including phenoxy) is 2. The molecule has 6 nitrogen and oxygen atoms in total. The van der Waals surface area contributed by atoms with Crippen LogP contribution in [0, 0.1) is 5.92 Å². The Hall–Kier alpha value is -1.79. The zero-order valence-corrected chi connectivity index (χ0v) is 17.5. The minimum atomic E-state index is 0.301. The molecule has 1 aromatic carbocycles. The van der Waals surface area contributed by atoms with Crippen LogP contribution in [0.5, 0.6) is 5.75 Å². The van der Waals surface area contributed by atoms with E-state index in [4.69, 9.17) is 14.5 Å². The van der Waals surface area contributed by atoms with Gasteiger partial charge in [0, 0.05) is 19.7 Å². The molecule has 0 bridgehead atoms. The van der Waals surface area contributed by atoms with Gasteiger partial charge in [-0.1, -0.05) is 12.1 Å². The van der Waals surface area contributed by atoms with E-state index in [1.807, 2.05) is 12.1 Å². The molecule has 0 radical (unpaired) electrons. The molecule has 6 heteroatoms. The fraction of sp³-hybridized carbons (Fsp3) is 0.682. The molecule has 0 aromatic heterocycles. The molecule has 1 aromatic rings. The van der Waals surface area contributed by atoms with Crippen LogP contribution >= 0.6 is 0 Å². The third-order valence-corrected chi connectivity index (χ3v) is 5.44. The van der Waals surface area contributed by atoms with Gasteiger partial charge in [-0.05, 0) is 69.3 Å². The van der Waals surface area contributed by atoms with Crippen LogP contribution < -0.4 is 15.4 Å². The lowest BCUT2D eigenvalue weighted by atomic mass is 10.1. The zero-order valence-electron chi connectivity index (χ0n) is 17.5. The fourth-order valence-corrected chi connectivity index (χ4v) is 3.61. The molecule has 2 N–H and O–H groups in total. The van der Waals surface area contributed by atoms with Gasteiger partial charge < -0.3 is 20.1 Å². The number of aliphatic imine (C=N–C) groups is 1. The Morgan fingerprint density at radius 3 is 2.57 bits per heavy atom. The molecule has 1 saturated carbocycles. The summed E-state index contributed by atoms with van der Waals surface area (Å²) in [5.41, 5.74) is 1.30. The van der Waals surface area contributed by atoms with E-state index in [1.54, 1.807) is 7.11 Å². The Bertz CT molecular complexity index is 595. The van der Waals surface area contributed by atoms with E-state index in [1.165, 1.54) is 31.2 Å². The van der Waals surface area contributed by atoms with Gasteiger partial charge in [0.05, 0.1) is 26.3 Å². The van der Waals surface area contributed by atoms with E-state index in [9.17, 15) is 0 Å². The van der Waals surface area contributed by atoms with Crippen LogP contribution in [0.4, 0.5) is 0 Å². The third-order valence-electron chi connectivity index (χ3n) is 5.44. The molecular formula is C22H36N4O2. The number of guanidine groups is 1. The van der Waals surface area contributed by atoms with E-state index in [0.717, 1.165) is 63.6 Å². The van der Waals surface area contributed by atoms with Crippen molar-refractivity contribution in [3.8, 4) is 5.75 Å². The van der Waals surface area contributed by atoms with Crippen LogP contribution in [0.25, 0.3) is 0 Å². The highest BCUT2D eigenvalue weighted by Crippen LogP contribution is 2.28. The average Bonchev–Trinajstić information content (AvgIpc) is 3.39. The van der Waals surface area contributed by atoms with Crippen molar-refractivity contribution in [1.82, 2.24) is 15.5 Å². The van der Waals surface area contributed by atoms with Crippen molar-refractivity contribution in [3.05, 3.63) is 29.8 Å². The number of hydrogen-bond acceptors (Lipinski definition) is 4. The van der Waals surface area contributed by atoms with E-state index in [-0.39, 0.29) is 0 Å². The molecule has 1 aliphatic carbocycles. The smallest absolute Gasteiger partial charge is 0.191 e. The van der Waals surface area contributed by atoms with Crippen LogP contribution in [0.2, 0.25) is 0 Å². The van der Waals surface area contributed by atoms with Gasteiger partial charge in [-0.3, -0.25) is 9.89 Å². The summed E-state index contributed by atoms with van der Waals surface area (Å²) < 4.78 is 11.0. The largest absolute Gasteiger partial charge is 0.497 e. The molecule has 1 atom stereocenters. The summed E-state index contributed by atoms with van der Waals surface area (Å²) in [5, 5.41) is 6.76. The van der Waals surface area contributed by atoms with Crippen molar-refractivity contribution in [2.45, 2.75) is 38.6 Å². The number of hydrogen-bond donors (Lipinski definition) is 2. The summed E-state index contributed by atoms with van der Waals surface area (Å²) in [6.07, 6.45) is 5.21. The van der Waals surface area contributed by atoms with Crippen LogP contribution in [-0.2, 0) is 4.74 Å². The quantitative estimate of drug-likeness (QED) is 0.347. The molecule has 1 unspecified atom stereocenters. The average molecular weight is 389 g/mol. The summed E-state index contributed by atoms with van der Waals surface area (Å²) in [4.78, 5) is 7.44. The van der Waals surface area contributed by atoms with Gasteiger partial charge in [0.15, 0.2) is 5.96 Å². The maximum Gasteiger partial charge on any atom is 0.191 e. The molecular weight excluding hydrogens is 352 g/mol. The molecule has 1 heterocycles. The van der Waals surface area contributed by atoms with Crippen molar-refractivity contribution in [2.75, 3.05) is 53.0 Å². The van der Waals surface area contributed by atoms with Crippen LogP contribution in [0.3, 0.4) is 0 Å². The molecule has 3 rings (SSSR count). The molecule has 156 valence electrons. The highest BCUT2D eigenvalue weighted by Gasteiger charge is 2.23. The topological polar surface area (TPSA) is 58.1 Å². The molecule has 1 saturated heterocycles. The van der Waals surface area contributed by atoms with Crippen LogP contribution in [0.1, 0.15) is 44.2 Å². The maximum absolute atomic E-state index is 5.72. The number of nitrogens with one attached hydrogen (secondary N) is 2. The van der Waals surface area contributed by atoms with Crippen LogP contribution in [0.15, 0.2) is 29.3 Å². The Kier molecular flexibility index (Phi) is 8.42. The number of methoxy groups -OCH3 is 1. The van der Waals surface area contributed by atoms with Crippen molar-refractivity contribution < 1.29 is 9.47 Å². The molecule has 0 spiro atoms. The highest BCUT2D eigenvalue weighted by molar-refractivity contribution is 5.79. The number of benzene rings is 1. The van der Waals surface area contributed by atoms with Crippen molar-refractivity contribution >= 4 is 5.96 Å². The lowest BCUT2D eigenvalue weighted by molar-refractivity contribution is 0.129. The molecule has 0 amide bonds. The third kappa shape index (κ3) is 6.67. The summed E-state index contributed by atoms with van der Waals surface area (Å²) in [7, 11) is 1.71. The lowest BCUT2D eigenvalue weighted by Gasteiger charge is -2.27. The Morgan fingerprint density at radius 1 is 1.18 bits per heavy atom. The van der Waals surface area contributed by atoms with Gasteiger partial charge in [-0.25, -0.2) is 0 Å². The van der Waals surface area contributed by atoms with Crippen molar-refractivity contribution in [3.63, 3.8) is 0 Å². The standard InChI is InChI=1S/C22H36N4O2/c1-3-23-22(24-12-15-28-17-18-6-7-18)25-16-21(26-13-4-5-14-26)19-8-10-20(27-2)11-9-19/h8-11,18,21H,3-7,12-17H2,1-2H3,(H2,23,24,25). The fourth-order valence-electron chi connectivity index (χ4n) is 3.61. The van der Waals surface area contributed by atoms with Crippen molar-refractivity contribution in [2.24, 2.45) is 10.9 Å². The molecule has 2 aliphatic rings. The first-order chi connectivity index (χ1) is 13.8. The van der Waals surface area contributed by atoms with Gasteiger partial charge in [0.2, 0.25) is 0 Å². The SMILES string of the molecule is CCNC(=NCC(c1ccc(OC)cc1)N1CCCC1)NCCOCC1CC1.